The Bertz CT molecular complexity index is 189. The van der Waals surface area contributed by atoms with E-state index in [1.165, 1.54) is 19.3 Å². The van der Waals surface area contributed by atoms with Gasteiger partial charge in [-0.1, -0.05) is 40.5 Å². The van der Waals surface area contributed by atoms with Crippen LogP contribution in [0.25, 0.3) is 0 Å². The Hall–Kier alpha value is -0.0800. The summed E-state index contributed by atoms with van der Waals surface area (Å²) < 4.78 is 0. The monoisotopic (exact) mass is 228 g/mol. The Morgan fingerprint density at radius 2 is 1.94 bits per heavy atom. The van der Waals surface area contributed by atoms with Crippen molar-refractivity contribution in [3.05, 3.63) is 0 Å². The lowest BCUT2D eigenvalue weighted by molar-refractivity contribution is -0.335. The largest absolute Gasteiger partial charge is 0.236 e. The van der Waals surface area contributed by atoms with Gasteiger partial charge in [-0.3, -0.25) is 0 Å². The lowest BCUT2D eigenvalue weighted by atomic mass is 9.71. The molecule has 0 aliphatic heterocycles. The summed E-state index contributed by atoms with van der Waals surface area (Å²) in [6, 6.07) is 0. The van der Waals surface area contributed by atoms with Crippen molar-refractivity contribution < 1.29 is 9.78 Å². The number of hydrogen-bond donors (Lipinski definition) is 0. The molecule has 1 aliphatic rings. The summed E-state index contributed by atoms with van der Waals surface area (Å²) in [7, 11) is 0. The maximum atomic E-state index is 5.54. The molecule has 0 amide bonds. The lowest BCUT2D eigenvalue weighted by Gasteiger charge is -2.37. The van der Waals surface area contributed by atoms with Gasteiger partial charge in [0, 0.05) is 0 Å². The highest BCUT2D eigenvalue weighted by molar-refractivity contribution is 4.82. The van der Waals surface area contributed by atoms with E-state index in [4.69, 9.17) is 9.78 Å². The van der Waals surface area contributed by atoms with Gasteiger partial charge in [-0.05, 0) is 37.0 Å². The smallest absolute Gasteiger partial charge is 0.0937 e. The highest BCUT2D eigenvalue weighted by atomic mass is 17.2. The summed E-state index contributed by atoms with van der Waals surface area (Å²) in [5, 5.41) is 0. The Morgan fingerprint density at radius 1 is 1.19 bits per heavy atom. The summed E-state index contributed by atoms with van der Waals surface area (Å²) in [6.45, 7) is 9.92. The molecule has 0 spiro atoms. The molecule has 0 radical (unpaired) electrons. The van der Waals surface area contributed by atoms with Gasteiger partial charge >= 0.3 is 0 Å². The highest BCUT2D eigenvalue weighted by Gasteiger charge is 2.33. The summed E-state index contributed by atoms with van der Waals surface area (Å²) in [4.78, 5) is 10.9. The SMILES string of the molecule is CCCCCOOC1CC(C)CC(C)(C)C1. The van der Waals surface area contributed by atoms with Gasteiger partial charge in [0.05, 0.1) is 12.7 Å². The fourth-order valence-corrected chi connectivity index (χ4v) is 2.89. The molecule has 0 aromatic rings. The molecule has 1 saturated carbocycles. The van der Waals surface area contributed by atoms with Crippen molar-refractivity contribution in [3.8, 4) is 0 Å². The van der Waals surface area contributed by atoms with Crippen molar-refractivity contribution in [2.24, 2.45) is 11.3 Å². The van der Waals surface area contributed by atoms with Crippen molar-refractivity contribution >= 4 is 0 Å². The highest BCUT2D eigenvalue weighted by Crippen LogP contribution is 2.39. The van der Waals surface area contributed by atoms with Crippen molar-refractivity contribution in [3.63, 3.8) is 0 Å². The van der Waals surface area contributed by atoms with E-state index in [9.17, 15) is 0 Å². The van der Waals surface area contributed by atoms with Crippen LogP contribution in [0.1, 0.15) is 66.2 Å². The first-order valence-electron chi connectivity index (χ1n) is 6.82. The van der Waals surface area contributed by atoms with Gasteiger partial charge in [0.1, 0.15) is 0 Å². The first-order chi connectivity index (χ1) is 7.53. The summed E-state index contributed by atoms with van der Waals surface area (Å²) in [6.07, 6.45) is 7.47. The average molecular weight is 228 g/mol. The molecule has 0 saturated heterocycles. The molecular weight excluding hydrogens is 200 g/mol. The van der Waals surface area contributed by atoms with Gasteiger partial charge in [-0.25, -0.2) is 9.78 Å². The van der Waals surface area contributed by atoms with Gasteiger partial charge in [0.15, 0.2) is 0 Å². The number of hydrogen-bond acceptors (Lipinski definition) is 2. The van der Waals surface area contributed by atoms with Crippen LogP contribution in [0.3, 0.4) is 0 Å². The average Bonchev–Trinajstić information content (AvgIpc) is 2.14. The molecule has 0 heterocycles. The van der Waals surface area contributed by atoms with E-state index in [1.807, 2.05) is 0 Å². The van der Waals surface area contributed by atoms with Crippen LogP contribution in [0.4, 0.5) is 0 Å². The summed E-state index contributed by atoms with van der Waals surface area (Å²) in [5.41, 5.74) is 0.412. The number of unbranched alkanes of at least 4 members (excludes halogenated alkanes) is 2. The first kappa shape index (κ1) is 14.0. The molecule has 2 atom stereocenters. The maximum Gasteiger partial charge on any atom is 0.0937 e. The normalized spacial score (nSPS) is 29.2. The van der Waals surface area contributed by atoms with E-state index in [1.54, 1.807) is 0 Å². The van der Waals surface area contributed by atoms with Crippen LogP contribution < -0.4 is 0 Å². The van der Waals surface area contributed by atoms with Gasteiger partial charge in [-0.2, -0.15) is 0 Å². The molecule has 2 unspecified atom stereocenters. The van der Waals surface area contributed by atoms with Crippen molar-refractivity contribution in [2.45, 2.75) is 72.3 Å². The summed E-state index contributed by atoms with van der Waals surface area (Å²) >= 11 is 0. The van der Waals surface area contributed by atoms with Crippen LogP contribution in [-0.4, -0.2) is 12.7 Å². The third kappa shape index (κ3) is 5.31. The Labute approximate surface area is 101 Å². The zero-order chi connectivity index (χ0) is 12.0. The molecular formula is C14H28O2. The summed E-state index contributed by atoms with van der Waals surface area (Å²) in [5.74, 6) is 0.757. The Kier molecular flexibility index (Phi) is 5.77. The molecule has 96 valence electrons. The zero-order valence-corrected chi connectivity index (χ0v) is 11.4. The molecule has 2 heteroatoms. The molecule has 0 aromatic heterocycles. The predicted octanol–water partition coefficient (Wildman–Crippen LogP) is 4.34. The second kappa shape index (κ2) is 6.61. The first-order valence-corrected chi connectivity index (χ1v) is 6.82. The minimum absolute atomic E-state index is 0.306. The van der Waals surface area contributed by atoms with E-state index < -0.39 is 0 Å². The molecule has 2 nitrogen and oxygen atoms in total. The van der Waals surface area contributed by atoms with E-state index in [2.05, 4.69) is 27.7 Å². The molecule has 0 N–H and O–H groups in total. The van der Waals surface area contributed by atoms with Crippen molar-refractivity contribution in [1.29, 1.82) is 0 Å². The van der Waals surface area contributed by atoms with E-state index >= 15 is 0 Å². The van der Waals surface area contributed by atoms with Gasteiger partial charge in [0.25, 0.3) is 0 Å². The molecule has 1 rings (SSSR count). The van der Waals surface area contributed by atoms with E-state index in [-0.39, 0.29) is 0 Å². The van der Waals surface area contributed by atoms with Crippen LogP contribution in [0, 0.1) is 11.3 Å². The quantitative estimate of drug-likeness (QED) is 0.382. The molecule has 0 bridgehead atoms. The van der Waals surface area contributed by atoms with Gasteiger partial charge < -0.3 is 0 Å². The standard InChI is InChI=1S/C14H28O2/c1-5-6-7-8-15-16-13-9-12(2)10-14(3,4)11-13/h12-13H,5-11H2,1-4H3. The minimum atomic E-state index is 0.306. The minimum Gasteiger partial charge on any atom is -0.236 e. The maximum absolute atomic E-state index is 5.54. The second-order valence-corrected chi connectivity index (χ2v) is 6.16. The molecule has 0 aromatic carbocycles. The third-order valence-corrected chi connectivity index (χ3v) is 3.38. The molecule has 16 heavy (non-hydrogen) atoms. The Morgan fingerprint density at radius 3 is 2.56 bits per heavy atom. The van der Waals surface area contributed by atoms with Crippen LogP contribution in [0.5, 0.6) is 0 Å². The second-order valence-electron chi connectivity index (χ2n) is 6.16. The van der Waals surface area contributed by atoms with Crippen molar-refractivity contribution in [1.82, 2.24) is 0 Å². The lowest BCUT2D eigenvalue weighted by Crippen LogP contribution is -2.32. The molecule has 1 fully saturated rings. The van der Waals surface area contributed by atoms with Gasteiger partial charge in [0.2, 0.25) is 0 Å². The Balaban J connectivity index is 2.16. The molecule has 1 aliphatic carbocycles. The van der Waals surface area contributed by atoms with Crippen LogP contribution in [-0.2, 0) is 9.78 Å². The third-order valence-electron chi connectivity index (χ3n) is 3.38. The van der Waals surface area contributed by atoms with Crippen LogP contribution in [0.2, 0.25) is 0 Å². The fourth-order valence-electron chi connectivity index (χ4n) is 2.89. The predicted molar refractivity (Wildman–Crippen MR) is 67.1 cm³/mol. The van der Waals surface area contributed by atoms with Crippen molar-refractivity contribution in [2.75, 3.05) is 6.61 Å². The van der Waals surface area contributed by atoms with E-state index in [0.29, 0.717) is 11.5 Å². The topological polar surface area (TPSA) is 18.5 Å². The van der Waals surface area contributed by atoms with Crippen LogP contribution >= 0.6 is 0 Å². The number of rotatable bonds is 6. The van der Waals surface area contributed by atoms with Gasteiger partial charge in [-0.15, -0.1) is 0 Å². The van der Waals surface area contributed by atoms with E-state index in [0.717, 1.165) is 31.8 Å². The van der Waals surface area contributed by atoms with Crippen LogP contribution in [0.15, 0.2) is 0 Å². The fraction of sp³-hybridized carbons (Fsp3) is 1.00. The zero-order valence-electron chi connectivity index (χ0n) is 11.4.